The molecule has 3 aromatic rings. The van der Waals surface area contributed by atoms with E-state index < -0.39 is 28.5 Å². The molecule has 9 nitrogen and oxygen atoms in total. The van der Waals surface area contributed by atoms with Gasteiger partial charge in [-0.15, -0.1) is 0 Å². The second kappa shape index (κ2) is 16.0. The van der Waals surface area contributed by atoms with Gasteiger partial charge in [-0.25, -0.2) is 8.42 Å². The summed E-state index contributed by atoms with van der Waals surface area (Å²) in [5, 5.41) is 2.95. The van der Waals surface area contributed by atoms with Crippen molar-refractivity contribution in [3.63, 3.8) is 0 Å². The van der Waals surface area contributed by atoms with Crippen LogP contribution in [0.1, 0.15) is 44.2 Å². The Bertz CT molecular complexity index is 1450. The Morgan fingerprint density at radius 1 is 0.907 bits per heavy atom. The highest BCUT2D eigenvalue weighted by Gasteiger charge is 2.33. The van der Waals surface area contributed by atoms with Gasteiger partial charge in [0.2, 0.25) is 11.8 Å². The number of hydrogen-bond donors (Lipinski definition) is 1. The van der Waals surface area contributed by atoms with Crippen molar-refractivity contribution < 1.29 is 27.5 Å². The van der Waals surface area contributed by atoms with Crippen molar-refractivity contribution in [2.75, 3.05) is 38.2 Å². The molecule has 3 aromatic carbocycles. The van der Waals surface area contributed by atoms with Crippen molar-refractivity contribution in [3.8, 4) is 11.5 Å². The SMILES string of the molecule is CCCCNC(=O)[C@@H](CC)N(CCc1ccccc1)C(=O)CN(c1ccc(OC)c(OC)c1)S(=O)(=O)c1ccc(C)cc1. The van der Waals surface area contributed by atoms with Crippen LogP contribution in [0.5, 0.6) is 11.5 Å². The summed E-state index contributed by atoms with van der Waals surface area (Å²) in [6.45, 7) is 5.99. The lowest BCUT2D eigenvalue weighted by Crippen LogP contribution is -2.53. The minimum atomic E-state index is -4.19. The molecule has 0 aliphatic carbocycles. The number of carbonyl (C=O) groups excluding carboxylic acids is 2. The Balaban J connectivity index is 2.04. The Morgan fingerprint density at radius 2 is 1.58 bits per heavy atom. The van der Waals surface area contributed by atoms with Crippen molar-refractivity contribution in [3.05, 3.63) is 83.9 Å². The molecule has 0 aromatic heterocycles. The number of rotatable bonds is 16. The minimum Gasteiger partial charge on any atom is -0.493 e. The highest BCUT2D eigenvalue weighted by molar-refractivity contribution is 7.92. The Hall–Kier alpha value is -4.05. The minimum absolute atomic E-state index is 0.0425. The zero-order chi connectivity index (χ0) is 31.4. The molecule has 0 saturated carbocycles. The smallest absolute Gasteiger partial charge is 0.264 e. The Labute approximate surface area is 255 Å². The lowest BCUT2D eigenvalue weighted by Gasteiger charge is -2.33. The summed E-state index contributed by atoms with van der Waals surface area (Å²) in [5.41, 5.74) is 2.14. The van der Waals surface area contributed by atoms with E-state index in [-0.39, 0.29) is 23.0 Å². The average Bonchev–Trinajstić information content (AvgIpc) is 3.02. The fraction of sp³-hybridized carbons (Fsp3) is 0.394. The van der Waals surface area contributed by atoms with Crippen LogP contribution in [-0.4, -0.2) is 65.0 Å². The molecular weight excluding hydrogens is 566 g/mol. The molecule has 43 heavy (non-hydrogen) atoms. The molecule has 0 fully saturated rings. The van der Waals surface area contributed by atoms with Crippen LogP contribution in [0.15, 0.2) is 77.7 Å². The van der Waals surface area contributed by atoms with Crippen LogP contribution < -0.4 is 19.1 Å². The number of aryl methyl sites for hydroxylation is 1. The van der Waals surface area contributed by atoms with E-state index in [9.17, 15) is 18.0 Å². The normalized spacial score (nSPS) is 11.8. The van der Waals surface area contributed by atoms with E-state index in [1.54, 1.807) is 24.3 Å². The van der Waals surface area contributed by atoms with Gasteiger partial charge in [-0.2, -0.15) is 0 Å². The van der Waals surface area contributed by atoms with Gasteiger partial charge in [0.15, 0.2) is 11.5 Å². The first kappa shape index (κ1) is 33.5. The van der Waals surface area contributed by atoms with Crippen LogP contribution in [0.2, 0.25) is 0 Å². The molecule has 0 saturated heterocycles. The van der Waals surface area contributed by atoms with Crippen molar-refractivity contribution >= 4 is 27.5 Å². The number of methoxy groups -OCH3 is 2. The van der Waals surface area contributed by atoms with Crippen LogP contribution in [0, 0.1) is 6.92 Å². The van der Waals surface area contributed by atoms with Gasteiger partial charge in [-0.05, 0) is 56.0 Å². The summed E-state index contributed by atoms with van der Waals surface area (Å²) in [7, 11) is -1.25. The number of hydrogen-bond acceptors (Lipinski definition) is 6. The number of amides is 2. The molecule has 0 aliphatic heterocycles. The first-order valence-corrected chi connectivity index (χ1v) is 16.0. The third-order valence-electron chi connectivity index (χ3n) is 7.24. The second-order valence-corrected chi connectivity index (χ2v) is 12.1. The van der Waals surface area contributed by atoms with Gasteiger partial charge in [-0.3, -0.25) is 13.9 Å². The lowest BCUT2D eigenvalue weighted by atomic mass is 10.1. The van der Waals surface area contributed by atoms with Crippen molar-refractivity contribution in [1.82, 2.24) is 10.2 Å². The summed E-state index contributed by atoms with van der Waals surface area (Å²) in [4.78, 5) is 29.0. The van der Waals surface area contributed by atoms with Gasteiger partial charge in [0.1, 0.15) is 12.6 Å². The van der Waals surface area contributed by atoms with Gasteiger partial charge in [0.25, 0.3) is 10.0 Å². The van der Waals surface area contributed by atoms with Crippen molar-refractivity contribution in [2.45, 2.75) is 57.4 Å². The standard InChI is InChI=1S/C33H43N3O6S/c1-6-8-21-34-33(38)29(7-2)35(22-20-26-12-10-9-11-13-26)32(37)24-36(27-16-19-30(41-4)31(23-27)42-5)43(39,40)28-17-14-25(3)15-18-28/h9-19,23,29H,6-8,20-22,24H2,1-5H3,(H,34,38)/t29-/m1/s1. The number of nitrogens with one attached hydrogen (secondary N) is 1. The molecule has 2 amide bonds. The zero-order valence-corrected chi connectivity index (χ0v) is 26.5. The predicted octanol–water partition coefficient (Wildman–Crippen LogP) is 4.97. The number of carbonyl (C=O) groups is 2. The highest BCUT2D eigenvalue weighted by atomic mass is 32.2. The molecule has 0 bridgehead atoms. The molecule has 0 spiro atoms. The third-order valence-corrected chi connectivity index (χ3v) is 9.03. The summed E-state index contributed by atoms with van der Waals surface area (Å²) in [6.07, 6.45) is 2.62. The summed E-state index contributed by atoms with van der Waals surface area (Å²) >= 11 is 0. The number of sulfonamides is 1. The summed E-state index contributed by atoms with van der Waals surface area (Å²) in [6, 6.07) is 20.1. The maximum atomic E-state index is 14.2. The largest absolute Gasteiger partial charge is 0.493 e. The van der Waals surface area contributed by atoms with Crippen LogP contribution in [0.25, 0.3) is 0 Å². The highest BCUT2D eigenvalue weighted by Crippen LogP contribution is 2.34. The van der Waals surface area contributed by atoms with E-state index in [1.165, 1.54) is 37.3 Å². The molecule has 1 N–H and O–H groups in total. The fourth-order valence-electron chi connectivity index (χ4n) is 4.75. The summed E-state index contributed by atoms with van der Waals surface area (Å²) < 4.78 is 40.0. The molecule has 10 heteroatoms. The molecule has 0 radical (unpaired) electrons. The van der Waals surface area contributed by atoms with E-state index in [0.29, 0.717) is 30.9 Å². The number of anilines is 1. The lowest BCUT2D eigenvalue weighted by molar-refractivity contribution is -0.139. The van der Waals surface area contributed by atoms with E-state index in [4.69, 9.17) is 9.47 Å². The second-order valence-electron chi connectivity index (χ2n) is 10.3. The van der Waals surface area contributed by atoms with Crippen molar-refractivity contribution in [1.29, 1.82) is 0 Å². The number of unbranched alkanes of at least 4 members (excludes halogenated alkanes) is 1. The molecule has 0 unspecified atom stereocenters. The molecule has 0 aliphatic rings. The van der Waals surface area contributed by atoms with Crippen LogP contribution in [0.3, 0.4) is 0 Å². The summed E-state index contributed by atoms with van der Waals surface area (Å²) in [5.74, 6) is -0.000847. The van der Waals surface area contributed by atoms with E-state index >= 15 is 0 Å². The molecule has 232 valence electrons. The number of ether oxygens (including phenoxy) is 2. The average molecular weight is 610 g/mol. The van der Waals surface area contributed by atoms with Gasteiger partial charge in [-0.1, -0.05) is 68.3 Å². The first-order chi connectivity index (χ1) is 20.7. The molecule has 3 rings (SSSR count). The predicted molar refractivity (Wildman–Crippen MR) is 169 cm³/mol. The Kier molecular flexibility index (Phi) is 12.4. The Morgan fingerprint density at radius 3 is 2.19 bits per heavy atom. The van der Waals surface area contributed by atoms with Gasteiger partial charge in [0, 0.05) is 19.2 Å². The molecular formula is C33H43N3O6S. The van der Waals surface area contributed by atoms with Crippen LogP contribution in [0.4, 0.5) is 5.69 Å². The van der Waals surface area contributed by atoms with Crippen molar-refractivity contribution in [2.24, 2.45) is 0 Å². The fourth-order valence-corrected chi connectivity index (χ4v) is 6.15. The van der Waals surface area contributed by atoms with Gasteiger partial charge >= 0.3 is 0 Å². The molecule has 1 atom stereocenters. The van der Waals surface area contributed by atoms with Gasteiger partial charge in [0.05, 0.1) is 24.8 Å². The van der Waals surface area contributed by atoms with E-state index in [2.05, 4.69) is 5.32 Å². The first-order valence-electron chi connectivity index (χ1n) is 14.6. The zero-order valence-electron chi connectivity index (χ0n) is 25.7. The van der Waals surface area contributed by atoms with Gasteiger partial charge < -0.3 is 19.7 Å². The maximum absolute atomic E-state index is 14.2. The monoisotopic (exact) mass is 609 g/mol. The number of nitrogens with zero attached hydrogens (tertiary/aromatic N) is 2. The van der Waals surface area contributed by atoms with E-state index in [0.717, 1.165) is 28.3 Å². The van der Waals surface area contributed by atoms with Crippen LogP contribution in [-0.2, 0) is 26.0 Å². The maximum Gasteiger partial charge on any atom is 0.264 e. The van der Waals surface area contributed by atoms with Crippen LogP contribution >= 0.6 is 0 Å². The van der Waals surface area contributed by atoms with E-state index in [1.807, 2.05) is 51.1 Å². The number of benzene rings is 3. The topological polar surface area (TPSA) is 105 Å². The third kappa shape index (κ3) is 8.73. The quantitative estimate of drug-likeness (QED) is 0.230. The molecule has 0 heterocycles.